The lowest BCUT2D eigenvalue weighted by molar-refractivity contribution is -0.152. The van der Waals surface area contributed by atoms with Gasteiger partial charge in [-0.2, -0.15) is 5.06 Å². The third kappa shape index (κ3) is 3.08. The number of hydrogen-bond acceptors (Lipinski definition) is 4. The Morgan fingerprint density at radius 1 is 1.11 bits per heavy atom. The fourth-order valence-corrected chi connectivity index (χ4v) is 4.04. The summed E-state index contributed by atoms with van der Waals surface area (Å²) in [5.41, 5.74) is 2.28. The zero-order valence-electron chi connectivity index (χ0n) is 16.0. The summed E-state index contributed by atoms with van der Waals surface area (Å²) in [4.78, 5) is 17.9. The maximum atomic E-state index is 14.2. The maximum Gasteiger partial charge on any atom is 0.256 e. The molecule has 0 radical (unpaired) electrons. The van der Waals surface area contributed by atoms with Crippen LogP contribution in [0.1, 0.15) is 24.0 Å². The highest BCUT2D eigenvalue weighted by molar-refractivity contribution is 6.23. The second kappa shape index (κ2) is 7.04. The number of piperidine rings is 1. The second-order valence-corrected chi connectivity index (χ2v) is 7.43. The second-order valence-electron chi connectivity index (χ2n) is 7.43. The van der Waals surface area contributed by atoms with Crippen LogP contribution in [0.4, 0.5) is 4.39 Å². The number of halogens is 1. The number of aliphatic hydroxyl groups is 1. The predicted octanol–water partition coefficient (Wildman–Crippen LogP) is 3.60. The monoisotopic (exact) mass is 382 g/mol. The van der Waals surface area contributed by atoms with E-state index >= 15 is 0 Å². The summed E-state index contributed by atoms with van der Waals surface area (Å²) in [7, 11) is 1.62. The summed E-state index contributed by atoms with van der Waals surface area (Å²) >= 11 is 0. The van der Waals surface area contributed by atoms with Crippen molar-refractivity contribution in [2.75, 3.05) is 20.2 Å². The number of hydroxylamine groups is 2. The van der Waals surface area contributed by atoms with Crippen molar-refractivity contribution < 1.29 is 19.1 Å². The number of carbonyl (C=O) groups excluding carboxylic acids is 1. The van der Waals surface area contributed by atoms with E-state index in [1.54, 1.807) is 37.4 Å². The Bertz CT molecular complexity index is 945. The van der Waals surface area contributed by atoms with E-state index in [2.05, 4.69) is 5.32 Å². The number of nitrogens with one attached hydrogen (secondary N) is 1. The minimum absolute atomic E-state index is 0.0857. The smallest absolute Gasteiger partial charge is 0.256 e. The zero-order chi connectivity index (χ0) is 19.9. The average Bonchev–Trinajstić information content (AvgIpc) is 2.92. The Labute approximate surface area is 163 Å². The Morgan fingerprint density at radius 2 is 1.75 bits per heavy atom. The van der Waals surface area contributed by atoms with Crippen LogP contribution in [-0.2, 0) is 9.63 Å². The summed E-state index contributed by atoms with van der Waals surface area (Å²) in [5.74, 6) is -0.475. The Morgan fingerprint density at radius 3 is 2.36 bits per heavy atom. The molecule has 2 aromatic rings. The standard InChI is InChI=1S/C22H23FN2O3/c1-14-3-8-17(18(23)13-14)15-4-6-16(7-5-15)19-20(26)22(24-21(19)27)9-11-25(28-2)12-10-22/h3-8,13,26H,9-12H2,1-2H3,(H,24,27). The summed E-state index contributed by atoms with van der Waals surface area (Å²) < 4.78 is 14.2. The Balaban J connectivity index is 1.64. The topological polar surface area (TPSA) is 61.8 Å². The summed E-state index contributed by atoms with van der Waals surface area (Å²) in [6, 6.07) is 12.2. The molecule has 0 unspecified atom stereocenters. The molecule has 1 amide bonds. The van der Waals surface area contributed by atoms with Crippen LogP contribution in [0, 0.1) is 12.7 Å². The molecule has 2 aromatic carbocycles. The molecule has 2 aliphatic rings. The highest BCUT2D eigenvalue weighted by Gasteiger charge is 2.47. The van der Waals surface area contributed by atoms with Gasteiger partial charge in [-0.15, -0.1) is 0 Å². The van der Waals surface area contributed by atoms with Gasteiger partial charge in [-0.25, -0.2) is 4.39 Å². The minimum atomic E-state index is -0.733. The molecule has 2 N–H and O–H groups in total. The van der Waals surface area contributed by atoms with Gasteiger partial charge in [-0.05, 0) is 42.5 Å². The van der Waals surface area contributed by atoms with Crippen molar-refractivity contribution in [3.8, 4) is 11.1 Å². The van der Waals surface area contributed by atoms with E-state index in [4.69, 9.17) is 4.84 Å². The first-order valence-electron chi connectivity index (χ1n) is 9.36. The quantitative estimate of drug-likeness (QED) is 0.852. The van der Waals surface area contributed by atoms with Gasteiger partial charge in [0.15, 0.2) is 0 Å². The van der Waals surface area contributed by atoms with Gasteiger partial charge in [-0.3, -0.25) is 4.79 Å². The molecular formula is C22H23FN2O3. The van der Waals surface area contributed by atoms with E-state index < -0.39 is 5.54 Å². The molecule has 0 bridgehead atoms. The minimum Gasteiger partial charge on any atom is -0.509 e. The summed E-state index contributed by atoms with van der Waals surface area (Å²) in [5, 5.41) is 15.7. The first kappa shape index (κ1) is 18.7. The van der Waals surface area contributed by atoms with Crippen LogP contribution in [0.5, 0.6) is 0 Å². The van der Waals surface area contributed by atoms with Crippen molar-refractivity contribution in [3.63, 3.8) is 0 Å². The van der Waals surface area contributed by atoms with Crippen molar-refractivity contribution in [3.05, 3.63) is 65.2 Å². The number of amides is 1. The molecule has 1 spiro atoms. The number of hydrogen-bond donors (Lipinski definition) is 2. The highest BCUT2D eigenvalue weighted by atomic mass is 19.1. The van der Waals surface area contributed by atoms with Gasteiger partial charge < -0.3 is 15.3 Å². The van der Waals surface area contributed by atoms with Crippen LogP contribution >= 0.6 is 0 Å². The van der Waals surface area contributed by atoms with Crippen LogP contribution < -0.4 is 5.32 Å². The van der Waals surface area contributed by atoms with E-state index in [9.17, 15) is 14.3 Å². The van der Waals surface area contributed by atoms with Crippen molar-refractivity contribution in [1.29, 1.82) is 0 Å². The fraction of sp³-hybridized carbons (Fsp3) is 0.318. The third-order valence-electron chi connectivity index (χ3n) is 5.71. The first-order chi connectivity index (χ1) is 13.4. The van der Waals surface area contributed by atoms with Gasteiger partial charge >= 0.3 is 0 Å². The van der Waals surface area contributed by atoms with E-state index in [0.29, 0.717) is 42.6 Å². The van der Waals surface area contributed by atoms with Crippen molar-refractivity contribution in [1.82, 2.24) is 10.4 Å². The van der Waals surface area contributed by atoms with E-state index in [1.165, 1.54) is 6.07 Å². The maximum absolute atomic E-state index is 14.2. The van der Waals surface area contributed by atoms with Crippen LogP contribution in [0.3, 0.4) is 0 Å². The number of nitrogens with zero attached hydrogens (tertiary/aromatic N) is 1. The Kier molecular flexibility index (Phi) is 4.69. The molecule has 1 saturated heterocycles. The number of benzene rings is 2. The van der Waals surface area contributed by atoms with Gasteiger partial charge in [0.1, 0.15) is 17.1 Å². The van der Waals surface area contributed by atoms with Crippen LogP contribution in [0.15, 0.2) is 48.2 Å². The average molecular weight is 382 g/mol. The van der Waals surface area contributed by atoms with Crippen molar-refractivity contribution >= 4 is 11.5 Å². The molecule has 5 nitrogen and oxygen atoms in total. The van der Waals surface area contributed by atoms with Crippen LogP contribution in [-0.4, -0.2) is 41.8 Å². The van der Waals surface area contributed by atoms with E-state index in [-0.39, 0.29) is 17.5 Å². The fourth-order valence-electron chi connectivity index (χ4n) is 4.04. The van der Waals surface area contributed by atoms with Gasteiger partial charge in [0.05, 0.1) is 12.7 Å². The molecule has 4 rings (SSSR count). The number of aryl methyl sites for hydroxylation is 1. The van der Waals surface area contributed by atoms with Crippen LogP contribution in [0.2, 0.25) is 0 Å². The molecule has 2 aliphatic heterocycles. The normalized spacial score (nSPS) is 19.3. The molecule has 28 heavy (non-hydrogen) atoms. The van der Waals surface area contributed by atoms with Gasteiger partial charge in [0, 0.05) is 18.7 Å². The van der Waals surface area contributed by atoms with Crippen molar-refractivity contribution in [2.45, 2.75) is 25.3 Å². The molecule has 0 atom stereocenters. The van der Waals surface area contributed by atoms with E-state index in [0.717, 1.165) is 11.1 Å². The van der Waals surface area contributed by atoms with Gasteiger partial charge in [0.25, 0.3) is 5.91 Å². The number of rotatable bonds is 3. The lowest BCUT2D eigenvalue weighted by Gasteiger charge is -2.37. The summed E-state index contributed by atoms with van der Waals surface area (Å²) in [6.45, 7) is 3.09. The SMILES string of the molecule is CON1CCC2(CC1)NC(=O)C(c1ccc(-c3ccc(C)cc3F)cc1)=C2O. The highest BCUT2D eigenvalue weighted by Crippen LogP contribution is 2.39. The van der Waals surface area contributed by atoms with E-state index in [1.807, 2.05) is 18.1 Å². The van der Waals surface area contributed by atoms with Crippen LogP contribution in [0.25, 0.3) is 16.7 Å². The summed E-state index contributed by atoms with van der Waals surface area (Å²) in [6.07, 6.45) is 1.16. The largest absolute Gasteiger partial charge is 0.509 e. The molecule has 146 valence electrons. The molecule has 0 aliphatic carbocycles. The molecule has 1 fully saturated rings. The van der Waals surface area contributed by atoms with Gasteiger partial charge in [-0.1, -0.05) is 36.4 Å². The number of carbonyl (C=O) groups is 1. The molecule has 0 aromatic heterocycles. The predicted molar refractivity (Wildman–Crippen MR) is 105 cm³/mol. The molecular weight excluding hydrogens is 359 g/mol. The zero-order valence-corrected chi connectivity index (χ0v) is 16.0. The lowest BCUT2D eigenvalue weighted by Crippen LogP contribution is -2.52. The third-order valence-corrected chi connectivity index (χ3v) is 5.71. The Hall–Kier alpha value is -2.70. The van der Waals surface area contributed by atoms with Gasteiger partial charge in [0.2, 0.25) is 0 Å². The number of aliphatic hydroxyl groups excluding tert-OH is 1. The lowest BCUT2D eigenvalue weighted by atomic mass is 9.86. The van der Waals surface area contributed by atoms with Crippen molar-refractivity contribution in [2.24, 2.45) is 0 Å². The molecule has 6 heteroatoms. The molecule has 0 saturated carbocycles. The first-order valence-corrected chi connectivity index (χ1v) is 9.36. The molecule has 2 heterocycles.